The van der Waals surface area contributed by atoms with E-state index >= 15 is 0 Å². The molecule has 0 spiro atoms. The first-order valence-electron chi connectivity index (χ1n) is 19.0. The van der Waals surface area contributed by atoms with Crippen LogP contribution in [-0.4, -0.2) is 95.6 Å². The van der Waals surface area contributed by atoms with E-state index in [0.717, 1.165) is 19.3 Å². The van der Waals surface area contributed by atoms with Crippen LogP contribution in [0, 0.1) is 34.0 Å². The highest BCUT2D eigenvalue weighted by Gasteiger charge is 2.71. The molecule has 0 radical (unpaired) electrons. The number of urea groups is 1. The Balaban J connectivity index is 2.45. The van der Waals surface area contributed by atoms with E-state index in [-0.39, 0.29) is 36.1 Å². The highest BCUT2D eigenvalue weighted by Crippen LogP contribution is 2.67. The van der Waals surface area contributed by atoms with E-state index in [4.69, 9.17) is 0 Å². The van der Waals surface area contributed by atoms with E-state index < -0.39 is 64.5 Å². The number of carbonyl (C=O) groups excluding carboxylic acids is 6. The largest absolute Gasteiger partial charge is 0.346 e. The molecule has 0 bridgehead atoms. The molecule has 2 rings (SSSR count). The Morgan fingerprint density at radius 2 is 1.47 bits per heavy atom. The van der Waals surface area contributed by atoms with Crippen LogP contribution in [0.15, 0.2) is 12.7 Å². The summed E-state index contributed by atoms with van der Waals surface area (Å²) in [5.41, 5.74) is -1.53. The fourth-order valence-corrected chi connectivity index (χ4v) is 7.48. The minimum Gasteiger partial charge on any atom is -0.346 e. The Labute approximate surface area is 307 Å². The van der Waals surface area contributed by atoms with Crippen molar-refractivity contribution in [2.24, 2.45) is 34.0 Å². The van der Waals surface area contributed by atoms with Crippen LogP contribution in [0.4, 0.5) is 4.79 Å². The second-order valence-electron chi connectivity index (χ2n) is 17.1. The van der Waals surface area contributed by atoms with E-state index in [1.54, 1.807) is 9.80 Å². The number of piperidine rings is 1. The lowest BCUT2D eigenvalue weighted by Gasteiger charge is -2.39. The first kappa shape index (κ1) is 43.7. The number of hydrogen-bond donors (Lipinski definition) is 4. The minimum atomic E-state index is -1.05. The summed E-state index contributed by atoms with van der Waals surface area (Å²) < 4.78 is 0. The lowest BCUT2D eigenvalue weighted by atomic mass is 9.84. The average Bonchev–Trinajstić information content (AvgIpc) is 3.38. The van der Waals surface area contributed by atoms with Gasteiger partial charge >= 0.3 is 6.03 Å². The molecule has 1 aliphatic heterocycles. The van der Waals surface area contributed by atoms with Crippen LogP contribution in [0.25, 0.3) is 0 Å². The van der Waals surface area contributed by atoms with Crippen LogP contribution in [0.3, 0.4) is 0 Å². The van der Waals surface area contributed by atoms with Gasteiger partial charge in [0.1, 0.15) is 18.1 Å². The van der Waals surface area contributed by atoms with E-state index in [1.165, 1.54) is 6.08 Å². The zero-order valence-corrected chi connectivity index (χ0v) is 33.5. The molecule has 290 valence electrons. The van der Waals surface area contributed by atoms with Crippen molar-refractivity contribution < 1.29 is 28.8 Å². The third-order valence-corrected chi connectivity index (χ3v) is 11.1. The quantitative estimate of drug-likeness (QED) is 0.122. The van der Waals surface area contributed by atoms with Crippen molar-refractivity contribution in [3.05, 3.63) is 12.7 Å². The normalized spacial score (nSPS) is 23.5. The third kappa shape index (κ3) is 10.6. The minimum absolute atomic E-state index is 0.0730. The van der Waals surface area contributed by atoms with Crippen LogP contribution >= 0.6 is 0 Å². The molecule has 4 N–H and O–H groups in total. The Bertz CT molecular complexity index is 1280. The van der Waals surface area contributed by atoms with Gasteiger partial charge in [-0.2, -0.15) is 0 Å². The number of likely N-dealkylation sites (N-methyl/N-ethyl adjacent to an activating group) is 1. The van der Waals surface area contributed by atoms with Gasteiger partial charge in [0.05, 0.1) is 6.04 Å². The lowest BCUT2D eigenvalue weighted by molar-refractivity contribution is -0.145. The maximum absolute atomic E-state index is 14.6. The third-order valence-electron chi connectivity index (χ3n) is 11.1. The maximum Gasteiger partial charge on any atom is 0.316 e. The highest BCUT2D eigenvalue weighted by molar-refractivity contribution is 6.38. The van der Waals surface area contributed by atoms with Gasteiger partial charge in [-0.15, -0.1) is 6.58 Å². The summed E-state index contributed by atoms with van der Waals surface area (Å²) in [5.74, 6) is -2.16. The molecule has 3 unspecified atom stereocenters. The molecular formula is C39H68N6O6. The number of fused-ring (bicyclic) bond motifs is 1. The maximum atomic E-state index is 14.6. The van der Waals surface area contributed by atoms with E-state index in [9.17, 15) is 28.8 Å². The summed E-state index contributed by atoms with van der Waals surface area (Å²) >= 11 is 0. The van der Waals surface area contributed by atoms with Crippen molar-refractivity contribution in [1.29, 1.82) is 0 Å². The van der Waals surface area contributed by atoms with E-state index in [1.807, 2.05) is 62.3 Å². The van der Waals surface area contributed by atoms with Gasteiger partial charge in [0.15, 0.2) is 0 Å². The number of hydrogen-bond acceptors (Lipinski definition) is 6. The number of nitrogens with one attached hydrogen (secondary N) is 4. The van der Waals surface area contributed by atoms with Crippen molar-refractivity contribution in [1.82, 2.24) is 31.1 Å². The summed E-state index contributed by atoms with van der Waals surface area (Å²) in [4.78, 5) is 85.0. The van der Waals surface area contributed by atoms with Crippen LogP contribution < -0.4 is 21.3 Å². The zero-order chi connectivity index (χ0) is 39.1. The number of nitrogens with zero attached hydrogens (tertiary/aromatic N) is 2. The molecule has 8 atom stereocenters. The van der Waals surface area contributed by atoms with Crippen LogP contribution in [0.2, 0.25) is 0 Å². The van der Waals surface area contributed by atoms with Crippen molar-refractivity contribution >= 4 is 35.4 Å². The number of ketones is 1. The number of rotatable bonds is 18. The first-order valence-corrected chi connectivity index (χ1v) is 19.0. The number of amides is 6. The Kier molecular flexibility index (Phi) is 15.3. The molecule has 12 nitrogen and oxygen atoms in total. The van der Waals surface area contributed by atoms with Crippen LogP contribution in [0.5, 0.6) is 0 Å². The molecule has 1 saturated carbocycles. The van der Waals surface area contributed by atoms with Gasteiger partial charge in [0, 0.05) is 26.2 Å². The smallest absolute Gasteiger partial charge is 0.316 e. The van der Waals surface area contributed by atoms with Crippen molar-refractivity contribution in [3.63, 3.8) is 0 Å². The summed E-state index contributed by atoms with van der Waals surface area (Å²) in [6.07, 6.45) is 5.24. The fourth-order valence-electron chi connectivity index (χ4n) is 7.48. The first-order chi connectivity index (χ1) is 23.6. The number of carbonyl (C=O) groups is 6. The Morgan fingerprint density at radius 3 is 1.96 bits per heavy atom. The second kappa shape index (κ2) is 17.9. The van der Waals surface area contributed by atoms with Gasteiger partial charge in [-0.25, -0.2) is 4.79 Å². The molecule has 1 saturated heterocycles. The number of Topliss-reactive ketones (excluding diaryl/α,β-unsaturated/α-hetero) is 1. The molecule has 2 fully saturated rings. The molecule has 6 amide bonds. The molecule has 1 heterocycles. The Morgan fingerprint density at radius 1 is 0.902 bits per heavy atom. The van der Waals surface area contributed by atoms with Crippen LogP contribution in [-0.2, 0) is 24.0 Å². The topological polar surface area (TPSA) is 157 Å². The highest BCUT2D eigenvalue weighted by atomic mass is 16.2. The molecule has 2 aliphatic rings. The molecule has 0 aromatic carbocycles. The Hall–Kier alpha value is -3.44. The monoisotopic (exact) mass is 717 g/mol. The fraction of sp³-hybridized carbons (Fsp3) is 0.795. The summed E-state index contributed by atoms with van der Waals surface area (Å²) in [6.45, 7) is 28.4. The summed E-state index contributed by atoms with van der Waals surface area (Å²) in [5, 5.41) is 11.1. The van der Waals surface area contributed by atoms with Crippen LogP contribution in [0.1, 0.15) is 115 Å². The van der Waals surface area contributed by atoms with Gasteiger partial charge in [-0.3, -0.25) is 24.0 Å². The van der Waals surface area contributed by atoms with Crippen molar-refractivity contribution in [3.8, 4) is 0 Å². The predicted octanol–water partition coefficient (Wildman–Crippen LogP) is 4.43. The molecule has 1 aliphatic carbocycles. The SMILES string of the molecule is C=CCNC(=O)C(=O)C(CCC)NC(=O)[C@@H]1[C@@H]2[C@H](CN1C(=O)[C@@H](NC(=O)N[C@H](C(=O)N(CC)CC)C(C)(C)C)C(C)(C)C)C2(C)CCC(C)CC. The molecule has 0 aromatic heterocycles. The summed E-state index contributed by atoms with van der Waals surface area (Å²) in [6, 6.07) is -4.44. The van der Waals surface area contributed by atoms with Gasteiger partial charge in [-0.05, 0) is 60.7 Å². The molecule has 12 heteroatoms. The zero-order valence-electron chi connectivity index (χ0n) is 33.5. The van der Waals surface area contributed by atoms with Gasteiger partial charge in [0.25, 0.3) is 5.91 Å². The van der Waals surface area contributed by atoms with Crippen molar-refractivity contribution in [2.75, 3.05) is 26.2 Å². The van der Waals surface area contributed by atoms with Crippen molar-refractivity contribution in [2.45, 2.75) is 139 Å². The molecular weight excluding hydrogens is 648 g/mol. The second-order valence-corrected chi connectivity index (χ2v) is 17.1. The van der Waals surface area contributed by atoms with Gasteiger partial charge < -0.3 is 31.1 Å². The molecule has 51 heavy (non-hydrogen) atoms. The van der Waals surface area contributed by atoms with E-state index in [2.05, 4.69) is 48.6 Å². The lowest BCUT2D eigenvalue weighted by Crippen LogP contribution is -2.63. The van der Waals surface area contributed by atoms with Gasteiger partial charge in [0.2, 0.25) is 23.5 Å². The standard InChI is InChI=1S/C39H68N6O6/c1-14-19-26(29(46)33(48)40-22-15-2)41-32(47)28-27-25(39(27,13)21-20-24(6)16-3)23-45(28)35(50)31(38(10,11)12)43-36(51)42-30(37(7,8)9)34(49)44(17-4)18-5/h15,24-28,30-31H,2,14,16-23H2,1,3-13H3,(H,40,48)(H,41,47)(H2,42,43,51)/t24?,25-,26?,27-,28-,30+,31+,39?/m0/s1. The predicted molar refractivity (Wildman–Crippen MR) is 200 cm³/mol. The average molecular weight is 717 g/mol. The number of likely N-dealkylation sites (tertiary alicyclic amines) is 1. The van der Waals surface area contributed by atoms with Gasteiger partial charge in [-0.1, -0.05) is 94.6 Å². The van der Waals surface area contributed by atoms with E-state index in [0.29, 0.717) is 32.0 Å². The summed E-state index contributed by atoms with van der Waals surface area (Å²) in [7, 11) is 0. The molecule has 0 aromatic rings.